The average Bonchev–Trinajstić information content (AvgIpc) is 3.13. The molecule has 38 heavy (non-hydrogen) atoms. The lowest BCUT2D eigenvalue weighted by Crippen LogP contribution is -2.36. The first-order valence-corrected chi connectivity index (χ1v) is 13.7. The van der Waals surface area contributed by atoms with Crippen LogP contribution in [-0.4, -0.2) is 35.6 Å². The average molecular weight is 685 g/mol. The SMILES string of the molecule is COc1cc(/C=C2/SC(=O)N(CC(=O)Nc3ccc(F)c(Cl)c3)C2=O)cc(Br)c1OCc1ccc(Br)cc1. The maximum atomic E-state index is 13.3. The van der Waals surface area contributed by atoms with Crippen LogP contribution in [0, 0.1) is 5.82 Å². The number of ether oxygens (including phenoxy) is 2. The second kappa shape index (κ2) is 12.3. The Bertz CT molecular complexity index is 1450. The number of thioether (sulfide) groups is 1. The van der Waals surface area contributed by atoms with Crippen molar-refractivity contribution in [1.29, 1.82) is 0 Å². The summed E-state index contributed by atoms with van der Waals surface area (Å²) in [4.78, 5) is 38.7. The molecule has 1 aliphatic rings. The van der Waals surface area contributed by atoms with Crippen LogP contribution in [0.25, 0.3) is 6.08 Å². The Hall–Kier alpha value is -2.86. The summed E-state index contributed by atoms with van der Waals surface area (Å²) in [5, 5.41) is 1.74. The molecule has 0 spiro atoms. The van der Waals surface area contributed by atoms with E-state index in [9.17, 15) is 18.8 Å². The van der Waals surface area contributed by atoms with Gasteiger partial charge >= 0.3 is 0 Å². The van der Waals surface area contributed by atoms with Gasteiger partial charge in [0.15, 0.2) is 11.5 Å². The number of imide groups is 1. The van der Waals surface area contributed by atoms with Crippen LogP contribution in [0.2, 0.25) is 5.02 Å². The number of nitrogens with one attached hydrogen (secondary N) is 1. The highest BCUT2D eigenvalue weighted by Gasteiger charge is 2.36. The van der Waals surface area contributed by atoms with E-state index < -0.39 is 29.4 Å². The minimum atomic E-state index is -0.632. The van der Waals surface area contributed by atoms with E-state index in [1.807, 2.05) is 24.3 Å². The van der Waals surface area contributed by atoms with E-state index in [4.69, 9.17) is 21.1 Å². The second-order valence-corrected chi connectivity index (χ2v) is 11.1. The molecule has 0 radical (unpaired) electrons. The number of hydrogen-bond donors (Lipinski definition) is 1. The van der Waals surface area contributed by atoms with Gasteiger partial charge in [0, 0.05) is 10.2 Å². The molecule has 4 rings (SSSR count). The fourth-order valence-corrected chi connectivity index (χ4v) is 5.26. The summed E-state index contributed by atoms with van der Waals surface area (Å²) < 4.78 is 26.3. The molecule has 0 bridgehead atoms. The van der Waals surface area contributed by atoms with Gasteiger partial charge in [0.05, 0.1) is 21.5 Å². The molecule has 1 fully saturated rings. The van der Waals surface area contributed by atoms with Crippen LogP contribution < -0.4 is 14.8 Å². The van der Waals surface area contributed by atoms with E-state index in [2.05, 4.69) is 37.2 Å². The van der Waals surface area contributed by atoms with Crippen LogP contribution in [0.15, 0.2) is 68.4 Å². The Morgan fingerprint density at radius 3 is 2.55 bits per heavy atom. The quantitative estimate of drug-likeness (QED) is 0.252. The van der Waals surface area contributed by atoms with E-state index in [1.165, 1.54) is 25.3 Å². The minimum Gasteiger partial charge on any atom is -0.493 e. The number of methoxy groups -OCH3 is 1. The lowest BCUT2D eigenvalue weighted by molar-refractivity contribution is -0.127. The first-order valence-electron chi connectivity index (χ1n) is 10.9. The largest absolute Gasteiger partial charge is 0.493 e. The van der Waals surface area contributed by atoms with Crippen molar-refractivity contribution in [2.75, 3.05) is 19.0 Å². The van der Waals surface area contributed by atoms with Crippen LogP contribution >= 0.6 is 55.2 Å². The summed E-state index contributed by atoms with van der Waals surface area (Å²) in [6.07, 6.45) is 1.54. The smallest absolute Gasteiger partial charge is 0.294 e. The highest BCUT2D eigenvalue weighted by atomic mass is 79.9. The van der Waals surface area contributed by atoms with Gasteiger partial charge in [-0.2, -0.15) is 0 Å². The molecule has 3 amide bonds. The molecule has 12 heteroatoms. The van der Waals surface area contributed by atoms with E-state index >= 15 is 0 Å². The lowest BCUT2D eigenvalue weighted by atomic mass is 10.1. The molecule has 1 saturated heterocycles. The monoisotopic (exact) mass is 682 g/mol. The minimum absolute atomic E-state index is 0.144. The molecule has 0 atom stereocenters. The van der Waals surface area contributed by atoms with Crippen LogP contribution in [0.1, 0.15) is 11.1 Å². The van der Waals surface area contributed by atoms with Gasteiger partial charge in [-0.25, -0.2) is 4.39 Å². The fourth-order valence-electron chi connectivity index (χ4n) is 3.40. The number of benzene rings is 3. The fraction of sp³-hybridized carbons (Fsp3) is 0.115. The Balaban J connectivity index is 1.46. The summed E-state index contributed by atoms with van der Waals surface area (Å²) in [5.74, 6) is -0.961. The van der Waals surface area contributed by atoms with Crippen molar-refractivity contribution >= 4 is 84.0 Å². The topological polar surface area (TPSA) is 84.9 Å². The first-order chi connectivity index (χ1) is 18.1. The zero-order chi connectivity index (χ0) is 27.4. The molecule has 1 N–H and O–H groups in total. The van der Waals surface area contributed by atoms with E-state index in [0.29, 0.717) is 28.1 Å². The van der Waals surface area contributed by atoms with Gasteiger partial charge in [0.1, 0.15) is 19.0 Å². The standard InChI is InChI=1S/C26H18Br2ClFN2O5S/c1-36-21-9-15(8-18(28)24(21)37-13-14-2-4-16(27)5-3-14)10-22-25(34)32(26(35)38-22)12-23(33)31-17-6-7-20(30)19(29)11-17/h2-11H,12-13H2,1H3,(H,31,33)/b22-10+. The number of anilines is 1. The predicted molar refractivity (Wildman–Crippen MR) is 152 cm³/mol. The number of carbonyl (C=O) groups is 3. The number of hydrogen-bond acceptors (Lipinski definition) is 6. The van der Waals surface area contributed by atoms with Crippen molar-refractivity contribution in [3.63, 3.8) is 0 Å². The molecule has 3 aromatic carbocycles. The van der Waals surface area contributed by atoms with Crippen LogP contribution in [0.3, 0.4) is 0 Å². The molecular formula is C26H18Br2ClFN2O5S. The molecule has 7 nitrogen and oxygen atoms in total. The Labute approximate surface area is 243 Å². The number of amides is 3. The number of carbonyl (C=O) groups excluding carboxylic acids is 3. The van der Waals surface area contributed by atoms with Gasteiger partial charge in [0.25, 0.3) is 11.1 Å². The Morgan fingerprint density at radius 1 is 1.13 bits per heavy atom. The van der Waals surface area contributed by atoms with Gasteiger partial charge in [-0.15, -0.1) is 0 Å². The van der Waals surface area contributed by atoms with E-state index in [-0.39, 0.29) is 15.6 Å². The second-order valence-electron chi connectivity index (χ2n) is 7.89. The summed E-state index contributed by atoms with van der Waals surface area (Å²) in [5.41, 5.74) is 1.79. The van der Waals surface area contributed by atoms with Crippen molar-refractivity contribution < 1.29 is 28.2 Å². The normalized spacial score (nSPS) is 14.2. The van der Waals surface area contributed by atoms with Gasteiger partial charge < -0.3 is 14.8 Å². The molecule has 196 valence electrons. The third-order valence-electron chi connectivity index (χ3n) is 5.22. The van der Waals surface area contributed by atoms with Crippen molar-refractivity contribution in [3.8, 4) is 11.5 Å². The number of halogens is 4. The zero-order valence-electron chi connectivity index (χ0n) is 19.6. The summed E-state index contributed by atoms with van der Waals surface area (Å²) in [6, 6.07) is 14.8. The highest BCUT2D eigenvalue weighted by molar-refractivity contribution is 9.10. The lowest BCUT2D eigenvalue weighted by Gasteiger charge is -2.14. The molecule has 0 aliphatic carbocycles. The van der Waals surface area contributed by atoms with Gasteiger partial charge in [-0.05, 0) is 87.4 Å². The summed E-state index contributed by atoms with van der Waals surface area (Å²) in [6.45, 7) is -0.195. The summed E-state index contributed by atoms with van der Waals surface area (Å²) >= 11 is 13.3. The maximum Gasteiger partial charge on any atom is 0.294 e. The molecule has 3 aromatic rings. The first kappa shape index (κ1) is 28.2. The highest BCUT2D eigenvalue weighted by Crippen LogP contribution is 2.39. The summed E-state index contributed by atoms with van der Waals surface area (Å²) in [7, 11) is 1.50. The zero-order valence-corrected chi connectivity index (χ0v) is 24.3. The van der Waals surface area contributed by atoms with Gasteiger partial charge in [-0.1, -0.05) is 39.7 Å². The predicted octanol–water partition coefficient (Wildman–Crippen LogP) is 7.27. The number of nitrogens with zero attached hydrogens (tertiary/aromatic N) is 1. The van der Waals surface area contributed by atoms with Crippen molar-refractivity contribution in [2.24, 2.45) is 0 Å². The third kappa shape index (κ3) is 6.76. The van der Waals surface area contributed by atoms with Crippen molar-refractivity contribution in [2.45, 2.75) is 6.61 Å². The van der Waals surface area contributed by atoms with Crippen molar-refractivity contribution in [1.82, 2.24) is 4.90 Å². The van der Waals surface area contributed by atoms with Crippen LogP contribution in [0.5, 0.6) is 11.5 Å². The van der Waals surface area contributed by atoms with Crippen LogP contribution in [0.4, 0.5) is 14.9 Å². The molecular weight excluding hydrogens is 667 g/mol. The molecule has 1 aliphatic heterocycles. The van der Waals surface area contributed by atoms with Crippen LogP contribution in [-0.2, 0) is 16.2 Å². The third-order valence-corrected chi connectivity index (χ3v) is 7.54. The Morgan fingerprint density at radius 2 is 1.87 bits per heavy atom. The van der Waals surface area contributed by atoms with Crippen molar-refractivity contribution in [3.05, 3.63) is 90.4 Å². The molecule has 0 saturated carbocycles. The molecule has 0 aromatic heterocycles. The molecule has 0 unspecified atom stereocenters. The Kier molecular flexibility index (Phi) is 9.14. The van der Waals surface area contributed by atoms with E-state index in [1.54, 1.807) is 12.1 Å². The maximum absolute atomic E-state index is 13.3. The van der Waals surface area contributed by atoms with E-state index in [0.717, 1.165) is 32.8 Å². The number of rotatable bonds is 8. The van der Waals surface area contributed by atoms with Gasteiger partial charge in [0.2, 0.25) is 5.91 Å². The van der Waals surface area contributed by atoms with Gasteiger partial charge in [-0.3, -0.25) is 19.3 Å². The molecule has 1 heterocycles.